The van der Waals surface area contributed by atoms with Crippen molar-refractivity contribution in [1.82, 2.24) is 9.80 Å². The molecule has 0 aromatic rings. The fourth-order valence-corrected chi connectivity index (χ4v) is 3.83. The summed E-state index contributed by atoms with van der Waals surface area (Å²) in [5, 5.41) is 0. The quantitative estimate of drug-likeness (QED) is 0.693. The van der Waals surface area contributed by atoms with Crippen molar-refractivity contribution in [3.63, 3.8) is 0 Å². The molecule has 1 aliphatic heterocycles. The standard InChI is InChI=1S/C11H20GeN2/c1-7(2)13-9(5)10(6)14(8(3)4)11(13)12/h7-8H,1-6H3. The van der Waals surface area contributed by atoms with Gasteiger partial charge in [0.2, 0.25) is 0 Å². The fraction of sp³-hybridized carbons (Fsp3) is 0.727. The summed E-state index contributed by atoms with van der Waals surface area (Å²) in [5.41, 5.74) is 2.79. The topological polar surface area (TPSA) is 6.48 Å². The summed E-state index contributed by atoms with van der Waals surface area (Å²) < 4.78 is 1.37. The molecule has 14 heavy (non-hydrogen) atoms. The predicted octanol–water partition coefficient (Wildman–Crippen LogP) is 1.93. The molecule has 1 aliphatic rings. The molecule has 0 aromatic heterocycles. The molecule has 0 unspecified atom stereocenters. The van der Waals surface area contributed by atoms with E-state index >= 15 is 0 Å². The monoisotopic (exact) mass is 254 g/mol. The van der Waals surface area contributed by atoms with Gasteiger partial charge in [-0.2, -0.15) is 0 Å². The van der Waals surface area contributed by atoms with Gasteiger partial charge in [-0.15, -0.1) is 0 Å². The Balaban J connectivity index is 3.04. The van der Waals surface area contributed by atoms with E-state index < -0.39 is 0 Å². The van der Waals surface area contributed by atoms with Crippen LogP contribution in [0.25, 0.3) is 0 Å². The molecule has 0 bridgehead atoms. The van der Waals surface area contributed by atoms with Gasteiger partial charge < -0.3 is 0 Å². The number of nitrogens with zero attached hydrogens (tertiary/aromatic N) is 2. The molecule has 0 atom stereocenters. The van der Waals surface area contributed by atoms with E-state index in [4.69, 9.17) is 0 Å². The average molecular weight is 253 g/mol. The first-order valence-corrected chi connectivity index (χ1v) is 6.27. The number of allylic oxidation sites excluding steroid dienone is 2. The summed E-state index contributed by atoms with van der Waals surface area (Å²) in [6.07, 6.45) is 0. The van der Waals surface area contributed by atoms with Gasteiger partial charge >= 0.3 is 95.5 Å². The maximum atomic E-state index is 2.41. The van der Waals surface area contributed by atoms with Gasteiger partial charge in [-0.1, -0.05) is 0 Å². The molecule has 0 N–H and O–H groups in total. The van der Waals surface area contributed by atoms with Crippen molar-refractivity contribution in [3.8, 4) is 0 Å². The molecular weight excluding hydrogens is 233 g/mol. The minimum absolute atomic E-state index is 0.550. The Morgan fingerprint density at radius 2 is 1.14 bits per heavy atom. The first-order valence-electron chi connectivity index (χ1n) is 5.22. The van der Waals surface area contributed by atoms with Gasteiger partial charge in [-0.3, -0.25) is 0 Å². The molecule has 1 heterocycles. The van der Waals surface area contributed by atoms with Crippen molar-refractivity contribution in [2.45, 2.75) is 53.6 Å². The number of hydrogen-bond donors (Lipinski definition) is 0. The van der Waals surface area contributed by atoms with E-state index in [9.17, 15) is 0 Å². The first kappa shape index (κ1) is 11.8. The van der Waals surface area contributed by atoms with Gasteiger partial charge in [0.05, 0.1) is 0 Å². The molecule has 78 valence electrons. The molecule has 0 saturated heterocycles. The number of hydrogen-bond acceptors (Lipinski definition) is 2. The van der Waals surface area contributed by atoms with Crippen molar-refractivity contribution < 1.29 is 0 Å². The SMILES string of the molecule is CC1=C(C)N(C(C)C)[C](=[Ge])N1C(C)C. The van der Waals surface area contributed by atoms with E-state index in [1.165, 1.54) is 16.0 Å². The summed E-state index contributed by atoms with van der Waals surface area (Å²) >= 11 is 2.21. The van der Waals surface area contributed by atoms with E-state index in [-0.39, 0.29) is 0 Å². The Hall–Kier alpha value is -0.247. The van der Waals surface area contributed by atoms with Crippen LogP contribution in [0.5, 0.6) is 0 Å². The number of rotatable bonds is 2. The zero-order valence-electron chi connectivity index (χ0n) is 10.0. The van der Waals surface area contributed by atoms with Crippen molar-refractivity contribution in [2.24, 2.45) is 0 Å². The molecule has 1 rings (SSSR count). The molecular formula is C11H20GeN2. The van der Waals surface area contributed by atoms with Crippen molar-refractivity contribution >= 4 is 20.7 Å². The van der Waals surface area contributed by atoms with E-state index in [2.05, 4.69) is 67.4 Å². The summed E-state index contributed by atoms with van der Waals surface area (Å²) in [5.74, 6) is 0. The zero-order valence-corrected chi connectivity index (χ0v) is 12.1. The Kier molecular flexibility index (Phi) is 3.45. The zero-order chi connectivity index (χ0) is 11.0. The van der Waals surface area contributed by atoms with Crippen LogP contribution in [0.1, 0.15) is 41.5 Å². The Bertz CT molecular complexity index is 253. The third-order valence-corrected chi connectivity index (χ3v) is 3.75. The second-order valence-corrected chi connectivity index (χ2v) is 5.36. The Labute approximate surface area is 95.7 Å². The summed E-state index contributed by atoms with van der Waals surface area (Å²) in [6.45, 7) is 13.4. The van der Waals surface area contributed by atoms with Crippen LogP contribution in [0.3, 0.4) is 0 Å². The van der Waals surface area contributed by atoms with Crippen molar-refractivity contribution in [3.05, 3.63) is 11.4 Å². The van der Waals surface area contributed by atoms with Gasteiger partial charge in [0.25, 0.3) is 0 Å². The maximum absolute atomic E-state index is 2.41. The van der Waals surface area contributed by atoms with Crippen LogP contribution >= 0.6 is 0 Å². The summed E-state index contributed by atoms with van der Waals surface area (Å²) in [4.78, 5) is 4.82. The Morgan fingerprint density at radius 3 is 1.29 bits per heavy atom. The van der Waals surface area contributed by atoms with Gasteiger partial charge in [0, 0.05) is 0 Å². The van der Waals surface area contributed by atoms with Crippen molar-refractivity contribution in [2.75, 3.05) is 0 Å². The van der Waals surface area contributed by atoms with Crippen LogP contribution in [0, 0.1) is 0 Å². The van der Waals surface area contributed by atoms with Crippen LogP contribution in [0.2, 0.25) is 0 Å². The van der Waals surface area contributed by atoms with Gasteiger partial charge in [0.15, 0.2) is 0 Å². The minimum atomic E-state index is 0.550. The van der Waals surface area contributed by atoms with E-state index in [0.717, 1.165) is 0 Å². The molecule has 0 fully saturated rings. The summed E-state index contributed by atoms with van der Waals surface area (Å²) in [7, 11) is 0. The average Bonchev–Trinajstić information content (AvgIpc) is 2.23. The fourth-order valence-electron chi connectivity index (χ4n) is 2.05. The normalized spacial score (nSPS) is 18.1. The van der Waals surface area contributed by atoms with Crippen LogP contribution in [-0.4, -0.2) is 42.6 Å². The summed E-state index contributed by atoms with van der Waals surface area (Å²) in [6, 6.07) is 1.10. The Morgan fingerprint density at radius 1 is 0.857 bits per heavy atom. The van der Waals surface area contributed by atoms with E-state index in [1.807, 2.05) is 0 Å². The predicted molar refractivity (Wildman–Crippen MR) is 63.1 cm³/mol. The van der Waals surface area contributed by atoms with E-state index in [0.29, 0.717) is 12.1 Å². The van der Waals surface area contributed by atoms with Gasteiger partial charge in [0.1, 0.15) is 0 Å². The second kappa shape index (κ2) is 4.09. The van der Waals surface area contributed by atoms with Crippen LogP contribution < -0.4 is 0 Å². The molecule has 0 amide bonds. The molecule has 2 nitrogen and oxygen atoms in total. The van der Waals surface area contributed by atoms with Crippen LogP contribution in [0.4, 0.5) is 0 Å². The third kappa shape index (κ3) is 1.76. The first-order chi connectivity index (χ1) is 6.37. The molecule has 0 saturated carbocycles. The van der Waals surface area contributed by atoms with E-state index in [1.54, 1.807) is 0 Å². The molecule has 0 aliphatic carbocycles. The van der Waals surface area contributed by atoms with Crippen LogP contribution in [-0.2, 0) is 0 Å². The molecule has 2 radical (unpaired) electrons. The third-order valence-electron chi connectivity index (χ3n) is 2.74. The van der Waals surface area contributed by atoms with Crippen LogP contribution in [0.15, 0.2) is 11.4 Å². The molecule has 3 heteroatoms. The van der Waals surface area contributed by atoms with Gasteiger partial charge in [-0.05, 0) is 0 Å². The molecule has 0 spiro atoms. The van der Waals surface area contributed by atoms with Crippen molar-refractivity contribution in [1.29, 1.82) is 0 Å². The van der Waals surface area contributed by atoms with Gasteiger partial charge in [-0.25, -0.2) is 0 Å². The molecule has 0 aromatic carbocycles. The second-order valence-electron chi connectivity index (χ2n) is 4.42.